The van der Waals surface area contributed by atoms with E-state index in [-0.39, 0.29) is 23.4 Å². The zero-order chi connectivity index (χ0) is 30.2. The van der Waals surface area contributed by atoms with Crippen molar-refractivity contribution in [3.63, 3.8) is 0 Å². The molecule has 0 saturated heterocycles. The molecule has 1 unspecified atom stereocenters. The molecule has 3 aromatic carbocycles. The molecule has 220 valence electrons. The van der Waals surface area contributed by atoms with Gasteiger partial charge >= 0.3 is 0 Å². The Hall–Kier alpha value is -4.05. The number of methoxy groups -OCH3 is 2. The Morgan fingerprint density at radius 2 is 1.39 bits per heavy atom. The number of aryl methyl sites for hydroxylation is 1. The summed E-state index contributed by atoms with van der Waals surface area (Å²) in [7, 11) is -1.06. The minimum Gasteiger partial charge on any atom is -0.497 e. The molecule has 3 rings (SSSR count). The van der Waals surface area contributed by atoms with Crippen LogP contribution in [0.15, 0.2) is 77.7 Å². The van der Waals surface area contributed by atoms with Crippen LogP contribution in [0.3, 0.4) is 0 Å². The number of hydrogen-bond acceptors (Lipinski definition) is 6. The fourth-order valence-corrected chi connectivity index (χ4v) is 5.76. The van der Waals surface area contributed by atoms with Gasteiger partial charge in [0.25, 0.3) is 10.0 Å². The topological polar surface area (TPSA) is 105 Å². The minimum absolute atomic E-state index is 0.0537. The van der Waals surface area contributed by atoms with Crippen molar-refractivity contribution in [2.75, 3.05) is 25.1 Å². The van der Waals surface area contributed by atoms with Crippen LogP contribution in [-0.4, -0.2) is 58.0 Å². The molecular weight excluding hydrogens is 542 g/mol. The second-order valence-corrected chi connectivity index (χ2v) is 11.8. The molecule has 0 aliphatic carbocycles. The smallest absolute Gasteiger partial charge is 0.264 e. The average molecular weight is 582 g/mol. The largest absolute Gasteiger partial charge is 0.497 e. The molecule has 0 saturated carbocycles. The molecule has 1 N–H and O–H groups in total. The van der Waals surface area contributed by atoms with Gasteiger partial charge in [-0.15, -0.1) is 0 Å². The van der Waals surface area contributed by atoms with E-state index in [1.807, 2.05) is 39.8 Å². The predicted molar refractivity (Wildman–Crippen MR) is 160 cm³/mol. The van der Waals surface area contributed by atoms with Gasteiger partial charge in [-0.1, -0.05) is 36.8 Å². The molecule has 41 heavy (non-hydrogen) atoms. The summed E-state index contributed by atoms with van der Waals surface area (Å²) in [6, 6.07) is 19.2. The highest BCUT2D eigenvalue weighted by Gasteiger charge is 2.33. The van der Waals surface area contributed by atoms with Crippen molar-refractivity contribution in [3.05, 3.63) is 83.9 Å². The van der Waals surface area contributed by atoms with E-state index in [1.165, 1.54) is 24.1 Å². The highest BCUT2D eigenvalue weighted by atomic mass is 32.2. The van der Waals surface area contributed by atoms with Crippen molar-refractivity contribution in [1.82, 2.24) is 10.2 Å². The lowest BCUT2D eigenvalue weighted by molar-refractivity contribution is -0.140. The molecule has 9 nitrogen and oxygen atoms in total. The molecule has 0 heterocycles. The van der Waals surface area contributed by atoms with Gasteiger partial charge in [-0.2, -0.15) is 0 Å². The van der Waals surface area contributed by atoms with E-state index in [1.54, 1.807) is 55.6 Å². The van der Waals surface area contributed by atoms with Crippen LogP contribution >= 0.6 is 0 Å². The number of anilines is 1. The minimum atomic E-state index is -4.14. The van der Waals surface area contributed by atoms with Crippen molar-refractivity contribution in [3.8, 4) is 11.5 Å². The Morgan fingerprint density at radius 3 is 1.88 bits per heavy atom. The molecule has 0 radical (unpaired) electrons. The van der Waals surface area contributed by atoms with E-state index < -0.39 is 28.5 Å². The SMILES string of the molecule is CCC(C(=O)NC(C)C)N(Cc1ccc(OC)cc1)C(=O)CN(c1ccc(OC)cc1)S(=O)(=O)c1ccc(C)cc1. The normalized spacial score (nSPS) is 12.0. The molecular formula is C31H39N3O6S. The fourth-order valence-electron chi connectivity index (χ4n) is 4.34. The maximum Gasteiger partial charge on any atom is 0.264 e. The molecule has 0 aliphatic rings. The van der Waals surface area contributed by atoms with Gasteiger partial charge in [0.05, 0.1) is 24.8 Å². The quantitative estimate of drug-likeness (QED) is 0.318. The van der Waals surface area contributed by atoms with Gasteiger partial charge in [0.2, 0.25) is 11.8 Å². The van der Waals surface area contributed by atoms with Crippen LogP contribution in [0, 0.1) is 6.92 Å². The summed E-state index contributed by atoms with van der Waals surface area (Å²) < 4.78 is 39.4. The maximum atomic E-state index is 14.1. The maximum absolute atomic E-state index is 14.1. The molecule has 1 atom stereocenters. The number of sulfonamides is 1. The third-order valence-corrected chi connectivity index (χ3v) is 8.37. The Bertz CT molecular complexity index is 1410. The van der Waals surface area contributed by atoms with E-state index in [2.05, 4.69) is 5.32 Å². The lowest BCUT2D eigenvalue weighted by atomic mass is 10.1. The summed E-state index contributed by atoms with van der Waals surface area (Å²) in [6.07, 6.45) is 0.341. The molecule has 10 heteroatoms. The number of amides is 2. The molecule has 3 aromatic rings. The summed E-state index contributed by atoms with van der Waals surface area (Å²) in [6.45, 7) is 6.98. The number of nitrogens with zero attached hydrogens (tertiary/aromatic N) is 2. The summed E-state index contributed by atoms with van der Waals surface area (Å²) >= 11 is 0. The summed E-state index contributed by atoms with van der Waals surface area (Å²) in [5, 5.41) is 2.89. The molecule has 0 aliphatic heterocycles. The third kappa shape index (κ3) is 8.00. The summed E-state index contributed by atoms with van der Waals surface area (Å²) in [4.78, 5) is 28.8. The van der Waals surface area contributed by atoms with Crippen LogP contribution in [-0.2, 0) is 26.2 Å². The number of benzene rings is 3. The van der Waals surface area contributed by atoms with Crippen LogP contribution in [0.1, 0.15) is 38.3 Å². The second kappa shape index (κ2) is 14.0. The van der Waals surface area contributed by atoms with Gasteiger partial charge in [0, 0.05) is 12.6 Å². The number of hydrogen-bond donors (Lipinski definition) is 1. The molecule has 0 aromatic heterocycles. The van der Waals surface area contributed by atoms with Gasteiger partial charge in [0.1, 0.15) is 24.1 Å². The predicted octanol–water partition coefficient (Wildman–Crippen LogP) is 4.54. The number of carbonyl (C=O) groups excluding carboxylic acids is 2. The van der Waals surface area contributed by atoms with Crippen LogP contribution in [0.5, 0.6) is 11.5 Å². The van der Waals surface area contributed by atoms with Crippen LogP contribution < -0.4 is 19.1 Å². The van der Waals surface area contributed by atoms with E-state index in [4.69, 9.17) is 9.47 Å². The van der Waals surface area contributed by atoms with Crippen molar-refractivity contribution in [2.24, 2.45) is 0 Å². The highest BCUT2D eigenvalue weighted by Crippen LogP contribution is 2.27. The van der Waals surface area contributed by atoms with Crippen molar-refractivity contribution < 1.29 is 27.5 Å². The molecule has 0 spiro atoms. The summed E-state index contributed by atoms with van der Waals surface area (Å²) in [5.74, 6) is 0.385. The molecule has 0 fully saturated rings. The van der Waals surface area contributed by atoms with Gasteiger partial charge in [-0.25, -0.2) is 8.42 Å². The Kier molecular flexibility index (Phi) is 10.8. The zero-order valence-electron chi connectivity index (χ0n) is 24.5. The Labute approximate surface area is 243 Å². The second-order valence-electron chi connectivity index (χ2n) is 9.98. The van der Waals surface area contributed by atoms with E-state index in [9.17, 15) is 18.0 Å². The zero-order valence-corrected chi connectivity index (χ0v) is 25.3. The number of rotatable bonds is 13. The van der Waals surface area contributed by atoms with Crippen molar-refractivity contribution in [2.45, 2.75) is 57.6 Å². The first-order valence-corrected chi connectivity index (χ1v) is 14.9. The van der Waals surface area contributed by atoms with Crippen molar-refractivity contribution >= 4 is 27.5 Å². The van der Waals surface area contributed by atoms with Crippen LogP contribution in [0.2, 0.25) is 0 Å². The standard InChI is InChI=1S/C31H39N3O6S/c1-7-29(31(36)32-22(2)3)33(20-24-10-14-26(39-5)15-11-24)30(35)21-34(25-12-16-27(40-6)17-13-25)41(37,38)28-18-8-23(4)9-19-28/h8-19,22,29H,7,20-21H2,1-6H3,(H,32,36). The van der Waals surface area contributed by atoms with Crippen LogP contribution in [0.25, 0.3) is 0 Å². The number of carbonyl (C=O) groups is 2. The average Bonchev–Trinajstić information content (AvgIpc) is 2.96. The summed E-state index contributed by atoms with van der Waals surface area (Å²) in [5.41, 5.74) is 1.97. The van der Waals surface area contributed by atoms with Gasteiger partial charge in [-0.05, 0) is 81.3 Å². The van der Waals surface area contributed by atoms with Gasteiger partial charge < -0.3 is 19.7 Å². The lowest BCUT2D eigenvalue weighted by Gasteiger charge is -2.33. The van der Waals surface area contributed by atoms with E-state index in [0.717, 1.165) is 15.4 Å². The number of nitrogens with one attached hydrogen (secondary N) is 1. The Morgan fingerprint density at radius 1 is 0.854 bits per heavy atom. The first kappa shape index (κ1) is 31.5. The fraction of sp³-hybridized carbons (Fsp3) is 0.355. The van der Waals surface area contributed by atoms with E-state index in [0.29, 0.717) is 23.6 Å². The van der Waals surface area contributed by atoms with Crippen LogP contribution in [0.4, 0.5) is 5.69 Å². The lowest BCUT2D eigenvalue weighted by Crippen LogP contribution is -2.53. The van der Waals surface area contributed by atoms with Gasteiger partial charge in [-0.3, -0.25) is 13.9 Å². The number of ether oxygens (including phenoxy) is 2. The monoisotopic (exact) mass is 581 g/mol. The first-order chi connectivity index (χ1) is 19.5. The first-order valence-electron chi connectivity index (χ1n) is 13.5. The van der Waals surface area contributed by atoms with E-state index >= 15 is 0 Å². The molecule has 0 bridgehead atoms. The van der Waals surface area contributed by atoms with Gasteiger partial charge in [0.15, 0.2) is 0 Å². The highest BCUT2D eigenvalue weighted by molar-refractivity contribution is 7.92. The molecule has 2 amide bonds. The Balaban J connectivity index is 2.06. The van der Waals surface area contributed by atoms with Crippen molar-refractivity contribution in [1.29, 1.82) is 0 Å². The third-order valence-electron chi connectivity index (χ3n) is 6.58.